The Hall–Kier alpha value is -3.08. The number of fused-ring (bicyclic) bond motifs is 1. The first-order valence-electron chi connectivity index (χ1n) is 9.62. The largest absolute Gasteiger partial charge is 0.497 e. The standard InChI is InChI=1S/C18H23N3O3.C2HF3O2/c1-24-14-2-3-16-13(10-14)11-15(18(23)21-16)17(22)20-9-6-12-4-7-19-8-5-12;3-2(4,5)1(6)7/h2-3,10-12,19H,4-9H2,1H3,(H,20,22)(H,21,23);(H,6,7). The molecule has 0 saturated carbocycles. The van der Waals surface area contributed by atoms with E-state index in [1.165, 1.54) is 0 Å². The zero-order valence-electron chi connectivity index (χ0n) is 16.8. The smallest absolute Gasteiger partial charge is 0.490 e. The number of piperidine rings is 1. The van der Waals surface area contributed by atoms with E-state index in [2.05, 4.69) is 15.6 Å². The number of carbonyl (C=O) groups excluding carboxylic acids is 1. The SMILES string of the molecule is COc1ccc2[nH]c(=O)c(C(=O)NCCC3CCNCC3)cc2c1.O=C(O)C(F)(F)F. The predicted molar refractivity (Wildman–Crippen MR) is 107 cm³/mol. The highest BCUT2D eigenvalue weighted by Crippen LogP contribution is 2.19. The maximum atomic E-state index is 12.3. The lowest BCUT2D eigenvalue weighted by Gasteiger charge is -2.22. The number of rotatable bonds is 5. The number of halogens is 3. The Morgan fingerprint density at radius 2 is 1.87 bits per heavy atom. The van der Waals surface area contributed by atoms with Crippen molar-refractivity contribution in [1.29, 1.82) is 0 Å². The molecule has 0 spiro atoms. The molecule has 8 nitrogen and oxygen atoms in total. The first kappa shape index (κ1) is 24.2. The van der Waals surface area contributed by atoms with Crippen LogP contribution in [0.25, 0.3) is 10.9 Å². The van der Waals surface area contributed by atoms with Crippen LogP contribution in [0.1, 0.15) is 29.6 Å². The second kappa shape index (κ2) is 10.8. The van der Waals surface area contributed by atoms with Gasteiger partial charge in [0.05, 0.1) is 7.11 Å². The molecule has 0 radical (unpaired) electrons. The minimum Gasteiger partial charge on any atom is -0.497 e. The third kappa shape index (κ3) is 7.28. The molecule has 0 bridgehead atoms. The highest BCUT2D eigenvalue weighted by atomic mass is 19.4. The minimum absolute atomic E-state index is 0.140. The number of H-pyrrole nitrogens is 1. The van der Waals surface area contributed by atoms with Crippen molar-refractivity contribution in [2.75, 3.05) is 26.7 Å². The highest BCUT2D eigenvalue weighted by molar-refractivity contribution is 5.97. The molecule has 1 saturated heterocycles. The van der Waals surface area contributed by atoms with Gasteiger partial charge in [0.25, 0.3) is 11.5 Å². The molecule has 1 amide bonds. The first-order chi connectivity index (χ1) is 14.6. The number of hydrogen-bond donors (Lipinski definition) is 4. The lowest BCUT2D eigenvalue weighted by atomic mass is 9.95. The minimum atomic E-state index is -5.08. The van der Waals surface area contributed by atoms with Crippen LogP contribution in [0.2, 0.25) is 0 Å². The van der Waals surface area contributed by atoms with Crippen LogP contribution in [-0.2, 0) is 4.79 Å². The van der Waals surface area contributed by atoms with Gasteiger partial charge < -0.3 is 25.5 Å². The number of aromatic amines is 1. The lowest BCUT2D eigenvalue weighted by molar-refractivity contribution is -0.192. The fourth-order valence-electron chi connectivity index (χ4n) is 3.14. The quantitative estimate of drug-likeness (QED) is 0.563. The molecule has 31 heavy (non-hydrogen) atoms. The van der Waals surface area contributed by atoms with Crippen molar-refractivity contribution in [3.05, 3.63) is 40.2 Å². The molecule has 1 aliphatic heterocycles. The molecule has 0 atom stereocenters. The highest BCUT2D eigenvalue weighted by Gasteiger charge is 2.38. The summed E-state index contributed by atoms with van der Waals surface area (Å²) in [6.07, 6.45) is -1.84. The topological polar surface area (TPSA) is 121 Å². The zero-order chi connectivity index (χ0) is 23.0. The van der Waals surface area contributed by atoms with E-state index < -0.39 is 12.1 Å². The van der Waals surface area contributed by atoms with E-state index in [1.807, 2.05) is 0 Å². The summed E-state index contributed by atoms with van der Waals surface area (Å²) in [6, 6.07) is 6.97. The van der Waals surface area contributed by atoms with Crippen molar-refractivity contribution in [3.8, 4) is 5.75 Å². The number of nitrogens with one attached hydrogen (secondary N) is 3. The van der Waals surface area contributed by atoms with E-state index >= 15 is 0 Å². The van der Waals surface area contributed by atoms with Gasteiger partial charge in [0, 0.05) is 17.4 Å². The van der Waals surface area contributed by atoms with Crippen LogP contribution >= 0.6 is 0 Å². The van der Waals surface area contributed by atoms with Gasteiger partial charge >= 0.3 is 12.1 Å². The van der Waals surface area contributed by atoms with Crippen molar-refractivity contribution in [1.82, 2.24) is 15.6 Å². The summed E-state index contributed by atoms with van der Waals surface area (Å²) in [6.45, 7) is 2.69. The number of benzene rings is 1. The van der Waals surface area contributed by atoms with E-state index in [4.69, 9.17) is 14.6 Å². The van der Waals surface area contributed by atoms with E-state index in [9.17, 15) is 22.8 Å². The molecule has 4 N–H and O–H groups in total. The third-order valence-electron chi connectivity index (χ3n) is 4.84. The van der Waals surface area contributed by atoms with Gasteiger partial charge in [-0.1, -0.05) is 0 Å². The van der Waals surface area contributed by atoms with Crippen molar-refractivity contribution < 1.29 is 32.6 Å². The summed E-state index contributed by atoms with van der Waals surface area (Å²) in [4.78, 5) is 36.1. The number of methoxy groups -OCH3 is 1. The molecule has 1 fully saturated rings. The number of alkyl halides is 3. The predicted octanol–water partition coefficient (Wildman–Crippen LogP) is 2.29. The average Bonchev–Trinajstić information content (AvgIpc) is 2.73. The van der Waals surface area contributed by atoms with Crippen LogP contribution in [0.3, 0.4) is 0 Å². The Bertz CT molecular complexity index is 969. The Balaban J connectivity index is 0.000000423. The Morgan fingerprint density at radius 3 is 2.45 bits per heavy atom. The number of ether oxygens (including phenoxy) is 1. The Kier molecular flexibility index (Phi) is 8.43. The Labute approximate surface area is 175 Å². The fraction of sp³-hybridized carbons (Fsp3) is 0.450. The second-order valence-electron chi connectivity index (χ2n) is 7.01. The first-order valence-corrected chi connectivity index (χ1v) is 9.62. The monoisotopic (exact) mass is 443 g/mol. The number of aliphatic carboxylic acids is 1. The number of carboxylic acid groups (broad SMARTS) is 1. The van der Waals surface area contributed by atoms with Gasteiger partial charge in [0.15, 0.2) is 0 Å². The molecule has 2 aromatic rings. The summed E-state index contributed by atoms with van der Waals surface area (Å²) in [5.74, 6) is -1.75. The van der Waals surface area contributed by atoms with E-state index in [0.29, 0.717) is 23.7 Å². The maximum absolute atomic E-state index is 12.3. The number of aromatic nitrogens is 1. The van der Waals surface area contributed by atoms with Gasteiger partial charge in [-0.2, -0.15) is 13.2 Å². The Morgan fingerprint density at radius 1 is 1.23 bits per heavy atom. The van der Waals surface area contributed by atoms with Crippen molar-refractivity contribution in [2.45, 2.75) is 25.4 Å². The number of amides is 1. The summed E-state index contributed by atoms with van der Waals surface area (Å²) < 4.78 is 36.9. The number of hydrogen-bond acceptors (Lipinski definition) is 5. The van der Waals surface area contributed by atoms with Gasteiger partial charge in [-0.05, 0) is 62.5 Å². The fourth-order valence-corrected chi connectivity index (χ4v) is 3.14. The van der Waals surface area contributed by atoms with Crippen LogP contribution in [0.5, 0.6) is 5.75 Å². The zero-order valence-corrected chi connectivity index (χ0v) is 16.8. The molecule has 170 valence electrons. The maximum Gasteiger partial charge on any atom is 0.490 e. The van der Waals surface area contributed by atoms with Gasteiger partial charge in [-0.15, -0.1) is 0 Å². The molecule has 11 heteroatoms. The number of pyridine rings is 1. The van der Waals surface area contributed by atoms with E-state index in [0.717, 1.165) is 37.7 Å². The van der Waals surface area contributed by atoms with Crippen LogP contribution < -0.4 is 20.9 Å². The molecule has 1 aliphatic rings. The lowest BCUT2D eigenvalue weighted by Crippen LogP contribution is -2.33. The average molecular weight is 443 g/mol. The molecular formula is C20H24F3N3O5. The summed E-state index contributed by atoms with van der Waals surface area (Å²) in [5.41, 5.74) is 0.458. The molecular weight excluding hydrogens is 419 g/mol. The molecule has 0 aliphatic carbocycles. The van der Waals surface area contributed by atoms with Gasteiger partial charge in [0.1, 0.15) is 11.3 Å². The summed E-state index contributed by atoms with van der Waals surface area (Å²) in [5, 5.41) is 14.1. The van der Waals surface area contributed by atoms with Crippen molar-refractivity contribution >= 4 is 22.8 Å². The van der Waals surface area contributed by atoms with E-state index in [-0.39, 0.29) is 17.0 Å². The van der Waals surface area contributed by atoms with Crippen LogP contribution in [0.15, 0.2) is 29.1 Å². The second-order valence-corrected chi connectivity index (χ2v) is 7.01. The van der Waals surface area contributed by atoms with Gasteiger partial charge in [-0.25, -0.2) is 4.79 Å². The van der Waals surface area contributed by atoms with Crippen LogP contribution in [-0.4, -0.2) is 54.9 Å². The molecule has 0 unspecified atom stereocenters. The molecule has 1 aromatic carbocycles. The van der Waals surface area contributed by atoms with E-state index in [1.54, 1.807) is 31.4 Å². The third-order valence-corrected chi connectivity index (χ3v) is 4.84. The number of carboxylic acids is 1. The molecule has 1 aromatic heterocycles. The van der Waals surface area contributed by atoms with Crippen molar-refractivity contribution in [3.63, 3.8) is 0 Å². The molecule has 3 rings (SSSR count). The summed E-state index contributed by atoms with van der Waals surface area (Å²) >= 11 is 0. The molecule has 2 heterocycles. The van der Waals surface area contributed by atoms with Crippen LogP contribution in [0.4, 0.5) is 13.2 Å². The normalized spacial score (nSPS) is 14.5. The van der Waals surface area contributed by atoms with Gasteiger partial charge in [0.2, 0.25) is 0 Å². The van der Waals surface area contributed by atoms with Crippen molar-refractivity contribution in [2.24, 2.45) is 5.92 Å². The number of carbonyl (C=O) groups is 2. The van der Waals surface area contributed by atoms with Crippen LogP contribution in [0, 0.1) is 5.92 Å². The summed E-state index contributed by atoms with van der Waals surface area (Å²) in [7, 11) is 1.58. The van der Waals surface area contributed by atoms with Gasteiger partial charge in [-0.3, -0.25) is 9.59 Å².